The van der Waals surface area contributed by atoms with Crippen molar-refractivity contribution in [3.8, 4) is 0 Å². The molecule has 0 bridgehead atoms. The molecule has 1 aromatic heterocycles. The molecule has 9 nitrogen and oxygen atoms in total. The lowest BCUT2D eigenvalue weighted by Crippen LogP contribution is -2.53. The highest BCUT2D eigenvalue weighted by atomic mass is 79.9. The highest BCUT2D eigenvalue weighted by molar-refractivity contribution is 9.10. The van der Waals surface area contributed by atoms with E-state index < -0.39 is 11.9 Å². The number of guanidine groups is 1. The first-order valence-electron chi connectivity index (χ1n) is 13.4. The van der Waals surface area contributed by atoms with Crippen LogP contribution >= 0.6 is 15.9 Å². The molecule has 1 saturated heterocycles. The lowest BCUT2D eigenvalue weighted by molar-refractivity contribution is -0.147. The predicted molar refractivity (Wildman–Crippen MR) is 156 cm³/mol. The molecule has 3 aromatic rings. The van der Waals surface area contributed by atoms with E-state index in [0.29, 0.717) is 18.5 Å². The largest absolute Gasteiger partial charge is 0.325 e. The van der Waals surface area contributed by atoms with Crippen LogP contribution < -0.4 is 10.6 Å². The number of halogens is 1. The molecule has 1 saturated carbocycles. The summed E-state index contributed by atoms with van der Waals surface area (Å²) in [5.41, 5.74) is 2.96. The number of carbonyl (C=O) groups excluding carboxylic acids is 3. The van der Waals surface area contributed by atoms with Crippen LogP contribution in [-0.2, 0) is 20.8 Å². The van der Waals surface area contributed by atoms with E-state index >= 15 is 0 Å². The molecule has 1 aliphatic carbocycles. The second-order valence-corrected chi connectivity index (χ2v) is 11.1. The van der Waals surface area contributed by atoms with E-state index in [9.17, 15) is 14.4 Å². The van der Waals surface area contributed by atoms with Gasteiger partial charge in [-0.15, -0.1) is 0 Å². The van der Waals surface area contributed by atoms with Gasteiger partial charge in [-0.25, -0.2) is 9.97 Å². The molecule has 2 heterocycles. The number of anilines is 1. The Morgan fingerprint density at radius 3 is 2.20 bits per heavy atom. The van der Waals surface area contributed by atoms with Crippen molar-refractivity contribution in [3.05, 3.63) is 82.1 Å². The van der Waals surface area contributed by atoms with Gasteiger partial charge in [0.1, 0.15) is 6.04 Å². The van der Waals surface area contributed by atoms with E-state index in [4.69, 9.17) is 0 Å². The first kappa shape index (κ1) is 27.6. The van der Waals surface area contributed by atoms with Gasteiger partial charge < -0.3 is 5.32 Å². The zero-order chi connectivity index (χ0) is 28.2. The van der Waals surface area contributed by atoms with E-state index in [2.05, 4.69) is 41.5 Å². The standard InChI is InChI=1S/C30H31BrN6O3/c1-18-16-19(2)33-29(32-18)36-30(34-24-15-9-8-14-23(24)31)35-26(38)25(17-20-10-4-3-5-11-20)37-27(39)21-12-6-7-13-22(21)28(37)40/h3-5,8-11,14-16,21-22,25H,6-7,12-13,17H2,1-2H3,(H2,32,33,34,35,36,38)/t21-,22-,25+/m0/s1. The molecule has 2 N–H and O–H groups in total. The quantitative estimate of drug-likeness (QED) is 0.236. The number of likely N-dealkylation sites (tertiary alicyclic amines) is 1. The highest BCUT2D eigenvalue weighted by Crippen LogP contribution is 2.39. The van der Waals surface area contributed by atoms with E-state index in [0.717, 1.165) is 34.3 Å². The maximum atomic E-state index is 14.0. The minimum atomic E-state index is -1.04. The Morgan fingerprint density at radius 2 is 1.57 bits per heavy atom. The molecule has 3 amide bonds. The molecule has 0 spiro atoms. The molecular weight excluding hydrogens is 572 g/mol. The third-order valence-electron chi connectivity index (χ3n) is 7.31. The number of aromatic nitrogens is 2. The van der Waals surface area contributed by atoms with E-state index in [1.807, 2.05) is 74.5 Å². The zero-order valence-electron chi connectivity index (χ0n) is 22.4. The van der Waals surface area contributed by atoms with E-state index in [1.165, 1.54) is 4.90 Å². The lowest BCUT2D eigenvalue weighted by atomic mass is 9.81. The van der Waals surface area contributed by atoms with Crippen LogP contribution in [0.1, 0.15) is 42.6 Å². The van der Waals surface area contributed by atoms with Crippen molar-refractivity contribution in [2.24, 2.45) is 16.8 Å². The van der Waals surface area contributed by atoms with Gasteiger partial charge in [0.15, 0.2) is 0 Å². The minimum absolute atomic E-state index is 0.0801. The number of carbonyl (C=O) groups is 3. The Balaban J connectivity index is 1.50. The smallest absolute Gasteiger partial charge is 0.253 e. The molecular formula is C30H31BrN6O3. The second-order valence-electron chi connectivity index (χ2n) is 10.3. The van der Waals surface area contributed by atoms with Crippen molar-refractivity contribution in [2.75, 3.05) is 5.32 Å². The first-order valence-corrected chi connectivity index (χ1v) is 14.2. The third kappa shape index (κ3) is 6.12. The SMILES string of the molecule is Cc1cc(C)nc(N=C(NC(=O)[C@@H](Cc2ccccc2)N2C(=O)[C@H]3CCCC[C@@H]3C2=O)Nc2ccccc2Br)n1. The Bertz CT molecular complexity index is 1420. The number of aliphatic imine (C=N–C) groups is 1. The minimum Gasteiger partial charge on any atom is -0.325 e. The average molecular weight is 604 g/mol. The van der Waals surface area contributed by atoms with Gasteiger partial charge in [-0.1, -0.05) is 55.3 Å². The maximum absolute atomic E-state index is 14.0. The number of imide groups is 1. The monoisotopic (exact) mass is 602 g/mol. The van der Waals surface area contributed by atoms with Gasteiger partial charge in [0.2, 0.25) is 23.7 Å². The Morgan fingerprint density at radius 1 is 0.975 bits per heavy atom. The number of aryl methyl sites for hydroxylation is 2. The van der Waals surface area contributed by atoms with Crippen LogP contribution in [0.4, 0.5) is 11.6 Å². The van der Waals surface area contributed by atoms with Crippen molar-refractivity contribution in [1.29, 1.82) is 0 Å². The predicted octanol–water partition coefficient (Wildman–Crippen LogP) is 4.86. The van der Waals surface area contributed by atoms with Crippen LogP contribution in [-0.4, -0.2) is 44.6 Å². The molecule has 2 aliphatic rings. The number of hydrogen-bond donors (Lipinski definition) is 2. The first-order chi connectivity index (χ1) is 19.3. The molecule has 40 heavy (non-hydrogen) atoms. The van der Waals surface area contributed by atoms with Gasteiger partial charge in [-0.2, -0.15) is 4.99 Å². The number of rotatable bonds is 6. The van der Waals surface area contributed by atoms with Crippen LogP contribution in [0.15, 0.2) is 70.1 Å². The number of amides is 3. The van der Waals surface area contributed by atoms with Gasteiger partial charge in [-0.05, 0) is 66.4 Å². The second kappa shape index (κ2) is 12.1. The van der Waals surface area contributed by atoms with Gasteiger partial charge in [-0.3, -0.25) is 24.6 Å². The lowest BCUT2D eigenvalue weighted by Gasteiger charge is -2.26. The van der Waals surface area contributed by atoms with Crippen molar-refractivity contribution < 1.29 is 14.4 Å². The summed E-state index contributed by atoms with van der Waals surface area (Å²) in [4.78, 5) is 55.6. The summed E-state index contributed by atoms with van der Waals surface area (Å²) < 4.78 is 0.757. The van der Waals surface area contributed by atoms with Gasteiger partial charge in [0.05, 0.1) is 17.5 Å². The van der Waals surface area contributed by atoms with Crippen LogP contribution in [0, 0.1) is 25.7 Å². The van der Waals surface area contributed by atoms with Gasteiger partial charge in [0, 0.05) is 22.3 Å². The number of benzene rings is 2. The molecule has 0 unspecified atom stereocenters. The summed E-state index contributed by atoms with van der Waals surface area (Å²) in [6.45, 7) is 3.68. The summed E-state index contributed by atoms with van der Waals surface area (Å²) in [5, 5.41) is 6.00. The number of hydrogen-bond acceptors (Lipinski definition) is 6. The van der Waals surface area contributed by atoms with Crippen LogP contribution in [0.25, 0.3) is 0 Å². The number of nitrogens with zero attached hydrogens (tertiary/aromatic N) is 4. The average Bonchev–Trinajstić information content (AvgIpc) is 3.18. The molecule has 0 radical (unpaired) electrons. The number of fused-ring (bicyclic) bond motifs is 1. The Labute approximate surface area is 241 Å². The Hall–Kier alpha value is -3.92. The van der Waals surface area contributed by atoms with Crippen LogP contribution in [0.5, 0.6) is 0 Å². The normalized spacial score (nSPS) is 19.8. The van der Waals surface area contributed by atoms with Crippen LogP contribution in [0.2, 0.25) is 0 Å². The molecule has 206 valence electrons. The van der Waals surface area contributed by atoms with Crippen LogP contribution in [0.3, 0.4) is 0 Å². The molecule has 2 aromatic carbocycles. The number of nitrogens with one attached hydrogen (secondary N) is 2. The summed E-state index contributed by atoms with van der Waals surface area (Å²) in [6, 6.07) is 17.6. The number of para-hydroxylation sites is 1. The Kier molecular flexibility index (Phi) is 8.35. The fourth-order valence-electron chi connectivity index (χ4n) is 5.47. The van der Waals surface area contributed by atoms with Gasteiger partial charge >= 0.3 is 0 Å². The fourth-order valence-corrected chi connectivity index (χ4v) is 5.85. The van der Waals surface area contributed by atoms with Crippen molar-refractivity contribution in [2.45, 2.75) is 52.0 Å². The summed E-state index contributed by atoms with van der Waals surface area (Å²) in [5.74, 6) is -1.51. The maximum Gasteiger partial charge on any atom is 0.253 e. The summed E-state index contributed by atoms with van der Waals surface area (Å²) >= 11 is 3.52. The summed E-state index contributed by atoms with van der Waals surface area (Å²) in [7, 11) is 0. The van der Waals surface area contributed by atoms with Crippen molar-refractivity contribution in [1.82, 2.24) is 20.2 Å². The van der Waals surface area contributed by atoms with Crippen molar-refractivity contribution in [3.63, 3.8) is 0 Å². The van der Waals surface area contributed by atoms with Crippen molar-refractivity contribution >= 4 is 51.2 Å². The summed E-state index contributed by atoms with van der Waals surface area (Å²) in [6.07, 6.45) is 3.35. The van der Waals surface area contributed by atoms with Gasteiger partial charge in [0.25, 0.3) is 5.95 Å². The molecule has 1 aliphatic heterocycles. The third-order valence-corrected chi connectivity index (χ3v) is 8.00. The van der Waals surface area contributed by atoms with E-state index in [-0.39, 0.29) is 42.0 Å². The molecule has 5 rings (SSSR count). The fraction of sp³-hybridized carbons (Fsp3) is 0.333. The zero-order valence-corrected chi connectivity index (χ0v) is 24.0. The molecule has 2 fully saturated rings. The molecule has 10 heteroatoms. The van der Waals surface area contributed by atoms with E-state index in [1.54, 1.807) is 0 Å². The topological polar surface area (TPSA) is 117 Å². The molecule has 3 atom stereocenters. The highest BCUT2D eigenvalue weighted by Gasteiger charge is 2.51.